The lowest BCUT2D eigenvalue weighted by molar-refractivity contribution is 0.892. The lowest BCUT2D eigenvalue weighted by Crippen LogP contribution is -2.15. The summed E-state index contributed by atoms with van der Waals surface area (Å²) in [5.41, 5.74) is 1.40. The molecule has 7 heteroatoms. The standard InChI is InChI=1S/C12H14BrN5O/c1-6-4-10(19)18-9(15-6)5-14-12-11(13)7(2)16-8(3)17-12/h4H,5H2,1-3H3,(H,14,16,17)(H,15,18,19). The van der Waals surface area contributed by atoms with Gasteiger partial charge in [0.1, 0.15) is 17.5 Å². The van der Waals surface area contributed by atoms with E-state index in [1.807, 2.05) is 13.8 Å². The van der Waals surface area contributed by atoms with Crippen LogP contribution < -0.4 is 10.9 Å². The number of anilines is 1. The number of halogens is 1. The van der Waals surface area contributed by atoms with Crippen LogP contribution in [0.25, 0.3) is 0 Å². The Labute approximate surface area is 118 Å². The van der Waals surface area contributed by atoms with Crippen molar-refractivity contribution in [3.05, 3.63) is 43.9 Å². The minimum Gasteiger partial charge on any atom is -0.362 e. The molecule has 0 amide bonds. The predicted octanol–water partition coefficient (Wildman–Crippen LogP) is 1.86. The van der Waals surface area contributed by atoms with Gasteiger partial charge in [0.25, 0.3) is 5.56 Å². The van der Waals surface area contributed by atoms with Crippen LogP contribution in [0.15, 0.2) is 15.3 Å². The summed E-state index contributed by atoms with van der Waals surface area (Å²) in [4.78, 5) is 26.8. The molecule has 2 N–H and O–H groups in total. The molecule has 0 atom stereocenters. The first kappa shape index (κ1) is 13.7. The third kappa shape index (κ3) is 3.37. The molecule has 19 heavy (non-hydrogen) atoms. The number of H-pyrrole nitrogens is 1. The van der Waals surface area contributed by atoms with Crippen LogP contribution in [-0.4, -0.2) is 19.9 Å². The number of aromatic amines is 1. The van der Waals surface area contributed by atoms with Gasteiger partial charge in [-0.05, 0) is 36.7 Å². The van der Waals surface area contributed by atoms with Gasteiger partial charge in [-0.15, -0.1) is 0 Å². The van der Waals surface area contributed by atoms with Gasteiger partial charge in [0, 0.05) is 11.8 Å². The highest BCUT2D eigenvalue weighted by atomic mass is 79.9. The molecule has 0 fully saturated rings. The van der Waals surface area contributed by atoms with Crippen LogP contribution in [0.1, 0.15) is 23.0 Å². The largest absolute Gasteiger partial charge is 0.362 e. The number of aromatic nitrogens is 4. The average Bonchev–Trinajstić information content (AvgIpc) is 2.30. The molecular weight excluding hydrogens is 310 g/mol. The van der Waals surface area contributed by atoms with Gasteiger partial charge in [-0.25, -0.2) is 15.0 Å². The van der Waals surface area contributed by atoms with Crippen LogP contribution in [0.2, 0.25) is 0 Å². The lowest BCUT2D eigenvalue weighted by Gasteiger charge is -2.09. The Morgan fingerprint density at radius 1 is 1.26 bits per heavy atom. The number of rotatable bonds is 3. The van der Waals surface area contributed by atoms with Gasteiger partial charge >= 0.3 is 0 Å². The molecule has 0 aliphatic carbocycles. The van der Waals surface area contributed by atoms with E-state index in [0.717, 1.165) is 10.2 Å². The molecule has 6 nitrogen and oxygen atoms in total. The number of nitrogens with zero attached hydrogens (tertiary/aromatic N) is 3. The van der Waals surface area contributed by atoms with Crippen molar-refractivity contribution in [2.75, 3.05) is 5.32 Å². The Bertz CT molecular complexity index is 668. The van der Waals surface area contributed by atoms with Crippen LogP contribution in [-0.2, 0) is 6.54 Å². The Morgan fingerprint density at radius 3 is 2.68 bits per heavy atom. The zero-order chi connectivity index (χ0) is 14.0. The molecule has 2 rings (SSSR count). The zero-order valence-corrected chi connectivity index (χ0v) is 12.5. The Hall–Kier alpha value is -1.76. The van der Waals surface area contributed by atoms with Gasteiger partial charge in [-0.3, -0.25) is 4.79 Å². The molecule has 0 unspecified atom stereocenters. The van der Waals surface area contributed by atoms with E-state index in [2.05, 4.69) is 41.2 Å². The summed E-state index contributed by atoms with van der Waals surface area (Å²) in [6.45, 7) is 5.91. The van der Waals surface area contributed by atoms with Crippen LogP contribution >= 0.6 is 15.9 Å². The van der Waals surface area contributed by atoms with Gasteiger partial charge < -0.3 is 10.3 Å². The topological polar surface area (TPSA) is 83.6 Å². The first-order valence-corrected chi connectivity index (χ1v) is 6.56. The molecule has 0 saturated heterocycles. The van der Waals surface area contributed by atoms with Gasteiger partial charge in [-0.1, -0.05) is 0 Å². The normalized spacial score (nSPS) is 10.5. The van der Waals surface area contributed by atoms with Crippen molar-refractivity contribution >= 4 is 21.7 Å². The second kappa shape index (κ2) is 5.48. The minimum atomic E-state index is -0.154. The average molecular weight is 324 g/mol. The third-order valence-corrected chi connectivity index (χ3v) is 3.42. The maximum atomic E-state index is 11.3. The highest BCUT2D eigenvalue weighted by Crippen LogP contribution is 2.22. The summed E-state index contributed by atoms with van der Waals surface area (Å²) in [6.07, 6.45) is 0. The monoisotopic (exact) mass is 323 g/mol. The Kier molecular flexibility index (Phi) is 3.94. The number of aryl methyl sites for hydroxylation is 3. The van der Waals surface area contributed by atoms with E-state index in [9.17, 15) is 4.79 Å². The summed E-state index contributed by atoms with van der Waals surface area (Å²) in [5.74, 6) is 1.95. The predicted molar refractivity (Wildman–Crippen MR) is 76.1 cm³/mol. The second-order valence-corrected chi connectivity index (χ2v) is 5.00. The SMILES string of the molecule is Cc1cc(=O)[nH]c(CNc2nc(C)nc(C)c2Br)n1. The van der Waals surface area contributed by atoms with E-state index in [1.54, 1.807) is 6.92 Å². The van der Waals surface area contributed by atoms with Gasteiger partial charge in [0.05, 0.1) is 16.7 Å². The van der Waals surface area contributed by atoms with Crippen molar-refractivity contribution in [2.24, 2.45) is 0 Å². The highest BCUT2D eigenvalue weighted by molar-refractivity contribution is 9.10. The lowest BCUT2D eigenvalue weighted by atomic mass is 10.4. The maximum absolute atomic E-state index is 11.3. The van der Waals surface area contributed by atoms with Gasteiger partial charge in [0.2, 0.25) is 0 Å². The molecule has 0 saturated carbocycles. The molecule has 100 valence electrons. The number of hydrogen-bond donors (Lipinski definition) is 2. The van der Waals surface area contributed by atoms with Crippen molar-refractivity contribution in [3.8, 4) is 0 Å². The van der Waals surface area contributed by atoms with Gasteiger partial charge in [0.15, 0.2) is 0 Å². The smallest absolute Gasteiger partial charge is 0.251 e. The van der Waals surface area contributed by atoms with Crippen LogP contribution in [0.4, 0.5) is 5.82 Å². The molecule has 2 heterocycles. The van der Waals surface area contributed by atoms with E-state index in [4.69, 9.17) is 0 Å². The van der Waals surface area contributed by atoms with Crippen molar-refractivity contribution < 1.29 is 0 Å². The third-order valence-electron chi connectivity index (χ3n) is 2.47. The van der Waals surface area contributed by atoms with E-state index in [-0.39, 0.29) is 5.56 Å². The molecular formula is C12H14BrN5O. The highest BCUT2D eigenvalue weighted by Gasteiger charge is 2.07. The van der Waals surface area contributed by atoms with E-state index < -0.39 is 0 Å². The molecule has 0 aliphatic rings. The second-order valence-electron chi connectivity index (χ2n) is 4.21. The zero-order valence-electron chi connectivity index (χ0n) is 10.9. The molecule has 0 aromatic carbocycles. The number of nitrogens with one attached hydrogen (secondary N) is 2. The molecule has 2 aromatic heterocycles. The first-order valence-electron chi connectivity index (χ1n) is 5.77. The van der Waals surface area contributed by atoms with Crippen molar-refractivity contribution in [2.45, 2.75) is 27.3 Å². The van der Waals surface area contributed by atoms with Crippen molar-refractivity contribution in [3.63, 3.8) is 0 Å². The Morgan fingerprint density at radius 2 is 2.00 bits per heavy atom. The fourth-order valence-electron chi connectivity index (χ4n) is 1.71. The summed E-state index contributed by atoms with van der Waals surface area (Å²) < 4.78 is 0.813. The van der Waals surface area contributed by atoms with Crippen LogP contribution in [0, 0.1) is 20.8 Å². The fourth-order valence-corrected chi connectivity index (χ4v) is 2.03. The van der Waals surface area contributed by atoms with Crippen LogP contribution in [0.5, 0.6) is 0 Å². The van der Waals surface area contributed by atoms with E-state index >= 15 is 0 Å². The Balaban J connectivity index is 2.21. The molecule has 0 bridgehead atoms. The molecule has 0 radical (unpaired) electrons. The quantitative estimate of drug-likeness (QED) is 0.900. The summed E-state index contributed by atoms with van der Waals surface area (Å²) in [6, 6.07) is 1.46. The maximum Gasteiger partial charge on any atom is 0.251 e. The molecule has 2 aromatic rings. The van der Waals surface area contributed by atoms with Crippen molar-refractivity contribution in [1.82, 2.24) is 19.9 Å². The summed E-state index contributed by atoms with van der Waals surface area (Å²) in [5, 5.41) is 3.13. The summed E-state index contributed by atoms with van der Waals surface area (Å²) in [7, 11) is 0. The minimum absolute atomic E-state index is 0.154. The van der Waals surface area contributed by atoms with E-state index in [0.29, 0.717) is 29.7 Å². The molecule has 0 aliphatic heterocycles. The fraction of sp³-hybridized carbons (Fsp3) is 0.333. The van der Waals surface area contributed by atoms with Crippen LogP contribution in [0.3, 0.4) is 0 Å². The summed E-state index contributed by atoms with van der Waals surface area (Å²) >= 11 is 3.44. The van der Waals surface area contributed by atoms with Crippen molar-refractivity contribution in [1.29, 1.82) is 0 Å². The van der Waals surface area contributed by atoms with E-state index in [1.165, 1.54) is 6.07 Å². The van der Waals surface area contributed by atoms with Gasteiger partial charge in [-0.2, -0.15) is 0 Å². The molecule has 0 spiro atoms. The number of hydrogen-bond acceptors (Lipinski definition) is 5. The first-order chi connectivity index (χ1) is 8.95.